The van der Waals surface area contributed by atoms with E-state index in [2.05, 4.69) is 10.3 Å². The second-order valence-electron chi connectivity index (χ2n) is 4.99. The standard InChI is InChI=1S/C16H13ClN2O2S2/c1-9-18-11-3-2-10(8-14(11)22-9)19-16(21)7-4-12(20)13-5-6-15(17)23-13/h2-3,5-6,8H,4,7H2,1H3,(H,19,21). The van der Waals surface area contributed by atoms with Crippen molar-refractivity contribution in [3.63, 3.8) is 0 Å². The molecule has 0 saturated carbocycles. The number of ketones is 1. The van der Waals surface area contributed by atoms with E-state index in [9.17, 15) is 9.59 Å². The summed E-state index contributed by atoms with van der Waals surface area (Å²) in [4.78, 5) is 28.9. The lowest BCUT2D eigenvalue weighted by atomic mass is 10.2. The fourth-order valence-corrected chi connectivity index (χ4v) is 4.03. The number of aromatic nitrogens is 1. The van der Waals surface area contributed by atoms with E-state index in [1.807, 2.05) is 25.1 Å². The lowest BCUT2D eigenvalue weighted by Crippen LogP contribution is -2.13. The van der Waals surface area contributed by atoms with Crippen LogP contribution in [0.2, 0.25) is 4.34 Å². The zero-order valence-corrected chi connectivity index (χ0v) is 14.6. The number of carbonyl (C=O) groups is 2. The fourth-order valence-electron chi connectivity index (χ4n) is 2.16. The van der Waals surface area contributed by atoms with Gasteiger partial charge in [-0.1, -0.05) is 11.6 Å². The maximum atomic E-state index is 12.0. The van der Waals surface area contributed by atoms with Gasteiger partial charge in [0.05, 0.1) is 24.4 Å². The molecule has 7 heteroatoms. The molecule has 2 aromatic heterocycles. The third-order valence-corrected chi connectivity index (χ3v) is 5.41. The molecule has 0 saturated heterocycles. The highest BCUT2D eigenvalue weighted by Crippen LogP contribution is 2.25. The van der Waals surface area contributed by atoms with Crippen molar-refractivity contribution in [1.29, 1.82) is 0 Å². The van der Waals surface area contributed by atoms with Crippen molar-refractivity contribution in [1.82, 2.24) is 4.98 Å². The zero-order valence-electron chi connectivity index (χ0n) is 12.3. The highest BCUT2D eigenvalue weighted by atomic mass is 35.5. The first kappa shape index (κ1) is 16.1. The Morgan fingerprint density at radius 1 is 1.17 bits per heavy atom. The minimum Gasteiger partial charge on any atom is -0.326 e. The molecule has 4 nitrogen and oxygen atoms in total. The number of Topliss-reactive ketones (excluding diaryl/α,β-unsaturated/α-hetero) is 1. The molecule has 23 heavy (non-hydrogen) atoms. The lowest BCUT2D eigenvalue weighted by molar-refractivity contribution is -0.116. The van der Waals surface area contributed by atoms with Gasteiger partial charge in [0.15, 0.2) is 5.78 Å². The maximum absolute atomic E-state index is 12.0. The SMILES string of the molecule is Cc1nc2ccc(NC(=O)CCC(=O)c3ccc(Cl)s3)cc2s1. The Labute approximate surface area is 146 Å². The number of halogens is 1. The normalized spacial score (nSPS) is 10.9. The van der Waals surface area contributed by atoms with Crippen LogP contribution >= 0.6 is 34.3 Å². The van der Waals surface area contributed by atoms with Crippen LogP contribution in [-0.2, 0) is 4.79 Å². The van der Waals surface area contributed by atoms with E-state index in [4.69, 9.17) is 11.6 Å². The Morgan fingerprint density at radius 2 is 2.00 bits per heavy atom. The molecule has 118 valence electrons. The molecule has 0 aliphatic heterocycles. The largest absolute Gasteiger partial charge is 0.326 e. The molecular formula is C16H13ClN2O2S2. The number of carbonyl (C=O) groups excluding carboxylic acids is 2. The molecule has 3 aromatic rings. The van der Waals surface area contributed by atoms with Crippen LogP contribution in [0.15, 0.2) is 30.3 Å². The predicted octanol–water partition coefficient (Wildman–Crippen LogP) is 4.92. The molecule has 3 rings (SSSR count). The van der Waals surface area contributed by atoms with Gasteiger partial charge in [-0.2, -0.15) is 0 Å². The predicted molar refractivity (Wildman–Crippen MR) is 95.9 cm³/mol. The lowest BCUT2D eigenvalue weighted by Gasteiger charge is -2.04. The van der Waals surface area contributed by atoms with Crippen molar-refractivity contribution in [2.45, 2.75) is 19.8 Å². The third-order valence-electron chi connectivity index (χ3n) is 3.21. The van der Waals surface area contributed by atoms with Gasteiger partial charge in [0.2, 0.25) is 5.91 Å². The summed E-state index contributed by atoms with van der Waals surface area (Å²) in [6, 6.07) is 8.98. The Balaban J connectivity index is 1.58. The molecule has 0 spiro atoms. The number of rotatable bonds is 5. The number of nitrogens with zero attached hydrogens (tertiary/aromatic N) is 1. The average molecular weight is 365 g/mol. The van der Waals surface area contributed by atoms with Crippen LogP contribution < -0.4 is 5.32 Å². The van der Waals surface area contributed by atoms with Crippen molar-refractivity contribution in [2.24, 2.45) is 0 Å². The van der Waals surface area contributed by atoms with Crippen molar-refractivity contribution in [3.05, 3.63) is 44.6 Å². The van der Waals surface area contributed by atoms with Gasteiger partial charge >= 0.3 is 0 Å². The number of fused-ring (bicyclic) bond motifs is 1. The van der Waals surface area contributed by atoms with Gasteiger partial charge < -0.3 is 5.32 Å². The van der Waals surface area contributed by atoms with Gasteiger partial charge in [-0.25, -0.2) is 4.98 Å². The second-order valence-corrected chi connectivity index (χ2v) is 7.94. The van der Waals surface area contributed by atoms with E-state index in [0.717, 1.165) is 20.9 Å². The van der Waals surface area contributed by atoms with E-state index < -0.39 is 0 Å². The first-order valence-corrected chi connectivity index (χ1v) is 8.98. The molecule has 0 bridgehead atoms. The zero-order chi connectivity index (χ0) is 16.4. The van der Waals surface area contributed by atoms with Crippen molar-refractivity contribution >= 4 is 61.9 Å². The number of thiazole rings is 1. The van der Waals surface area contributed by atoms with Crippen LogP contribution in [-0.4, -0.2) is 16.7 Å². The van der Waals surface area contributed by atoms with Gasteiger partial charge in [-0.3, -0.25) is 9.59 Å². The minimum atomic E-state index is -0.179. The highest BCUT2D eigenvalue weighted by molar-refractivity contribution is 7.18. The minimum absolute atomic E-state index is 0.0643. The molecule has 2 heterocycles. The Bertz CT molecular complexity index is 885. The molecule has 0 unspecified atom stereocenters. The molecule has 0 aliphatic rings. The number of hydrogen-bond donors (Lipinski definition) is 1. The number of anilines is 1. The summed E-state index contributed by atoms with van der Waals surface area (Å²) >= 11 is 8.62. The van der Waals surface area contributed by atoms with Crippen LogP contribution in [0.1, 0.15) is 27.5 Å². The number of nitrogens with one attached hydrogen (secondary N) is 1. The monoisotopic (exact) mass is 364 g/mol. The Kier molecular flexibility index (Phi) is 4.75. The van der Waals surface area contributed by atoms with Crippen molar-refractivity contribution in [3.8, 4) is 0 Å². The summed E-state index contributed by atoms with van der Waals surface area (Å²) in [7, 11) is 0. The van der Waals surface area contributed by atoms with Gasteiger partial charge in [0, 0.05) is 18.5 Å². The van der Waals surface area contributed by atoms with Gasteiger partial charge in [0.1, 0.15) is 0 Å². The van der Waals surface area contributed by atoms with E-state index in [-0.39, 0.29) is 24.5 Å². The van der Waals surface area contributed by atoms with Gasteiger partial charge in [-0.15, -0.1) is 22.7 Å². The second kappa shape index (κ2) is 6.78. The topological polar surface area (TPSA) is 59.1 Å². The quantitative estimate of drug-likeness (QED) is 0.653. The molecule has 0 atom stereocenters. The third kappa shape index (κ3) is 3.96. The molecule has 0 fully saturated rings. The number of hydrogen-bond acceptors (Lipinski definition) is 5. The molecule has 0 aliphatic carbocycles. The average Bonchev–Trinajstić information content (AvgIpc) is 3.09. The number of benzene rings is 1. The van der Waals surface area contributed by atoms with E-state index in [1.54, 1.807) is 23.5 Å². The number of thiophene rings is 1. The summed E-state index contributed by atoms with van der Waals surface area (Å²) in [5.41, 5.74) is 1.65. The highest BCUT2D eigenvalue weighted by Gasteiger charge is 2.12. The van der Waals surface area contributed by atoms with Crippen LogP contribution in [0.4, 0.5) is 5.69 Å². The first-order chi connectivity index (χ1) is 11.0. The van der Waals surface area contributed by atoms with E-state index in [0.29, 0.717) is 9.21 Å². The van der Waals surface area contributed by atoms with Gasteiger partial charge in [0.25, 0.3) is 0 Å². The summed E-state index contributed by atoms with van der Waals surface area (Å²) in [6.45, 7) is 1.95. The number of aryl methyl sites for hydroxylation is 1. The first-order valence-electron chi connectivity index (χ1n) is 6.97. The molecular weight excluding hydrogens is 352 g/mol. The van der Waals surface area contributed by atoms with Crippen LogP contribution in [0, 0.1) is 6.92 Å². The fraction of sp³-hybridized carbons (Fsp3) is 0.188. The van der Waals surface area contributed by atoms with E-state index in [1.165, 1.54) is 11.3 Å². The summed E-state index contributed by atoms with van der Waals surface area (Å²) in [6.07, 6.45) is 0.318. The Morgan fingerprint density at radius 3 is 2.74 bits per heavy atom. The van der Waals surface area contributed by atoms with Crippen LogP contribution in [0.3, 0.4) is 0 Å². The smallest absolute Gasteiger partial charge is 0.224 e. The van der Waals surface area contributed by atoms with Crippen LogP contribution in [0.25, 0.3) is 10.2 Å². The van der Waals surface area contributed by atoms with Crippen molar-refractivity contribution < 1.29 is 9.59 Å². The summed E-state index contributed by atoms with van der Waals surface area (Å²) in [5.74, 6) is -0.243. The van der Waals surface area contributed by atoms with E-state index >= 15 is 0 Å². The summed E-state index contributed by atoms with van der Waals surface area (Å²) < 4.78 is 1.61. The van der Waals surface area contributed by atoms with Gasteiger partial charge in [-0.05, 0) is 37.3 Å². The molecule has 0 radical (unpaired) electrons. The van der Waals surface area contributed by atoms with Crippen LogP contribution in [0.5, 0.6) is 0 Å². The maximum Gasteiger partial charge on any atom is 0.224 e. The molecule has 1 N–H and O–H groups in total. The van der Waals surface area contributed by atoms with Crippen molar-refractivity contribution in [2.75, 3.05) is 5.32 Å². The molecule has 1 amide bonds. The summed E-state index contributed by atoms with van der Waals surface area (Å²) in [5, 5.41) is 3.81. The number of amides is 1. The Hall–Kier alpha value is -1.76. The molecule has 1 aromatic carbocycles.